The van der Waals surface area contributed by atoms with E-state index in [1.54, 1.807) is 0 Å². The van der Waals surface area contributed by atoms with Crippen LogP contribution in [0.25, 0.3) is 21.7 Å². The molecule has 0 aliphatic heterocycles. The van der Waals surface area contributed by atoms with E-state index in [4.69, 9.17) is 5.73 Å². The van der Waals surface area contributed by atoms with Crippen molar-refractivity contribution in [1.29, 1.82) is 0 Å². The monoisotopic (exact) mass is 260 g/mol. The molecular weight excluding hydrogens is 244 g/mol. The lowest BCUT2D eigenvalue weighted by Gasteiger charge is -1.98. The number of anilines is 1. The fourth-order valence-electron chi connectivity index (χ4n) is 2.25. The first-order valence-corrected chi connectivity index (χ1v) is 6.60. The molecule has 0 spiro atoms. The third kappa shape index (κ3) is 2.50. The highest BCUT2D eigenvalue weighted by Gasteiger charge is 1.92. The molecule has 0 amide bonds. The third-order valence-corrected chi connectivity index (χ3v) is 3.29. The van der Waals surface area contributed by atoms with Gasteiger partial charge in [-0.2, -0.15) is 0 Å². The predicted octanol–water partition coefficient (Wildman–Crippen LogP) is 4.59. The largest absolute Gasteiger partial charge is 0.398 e. The first-order chi connectivity index (χ1) is 9.84. The highest BCUT2D eigenvalue weighted by Crippen LogP contribution is 2.19. The Hall–Kier alpha value is -2.74. The average molecular weight is 260 g/mol. The molecule has 0 saturated carbocycles. The molecule has 0 fully saturated rings. The summed E-state index contributed by atoms with van der Waals surface area (Å²) in [5, 5.41) is 3.61. The molecule has 0 bridgehead atoms. The van der Waals surface area contributed by atoms with Gasteiger partial charge in [0.15, 0.2) is 0 Å². The maximum absolute atomic E-state index is 5.76. The van der Waals surface area contributed by atoms with Crippen LogP contribution in [0.4, 0.5) is 5.69 Å². The summed E-state index contributed by atoms with van der Waals surface area (Å²) in [5.41, 5.74) is 7.81. The SMILES string of the molecule is Nc1cccc2ccccc12.c1ccc2[nH]ccc2c1. The van der Waals surface area contributed by atoms with Crippen LogP contribution in [0.15, 0.2) is 79.0 Å². The van der Waals surface area contributed by atoms with E-state index in [0.29, 0.717) is 0 Å². The first-order valence-electron chi connectivity index (χ1n) is 6.60. The zero-order chi connectivity index (χ0) is 13.8. The van der Waals surface area contributed by atoms with Gasteiger partial charge in [0.05, 0.1) is 0 Å². The van der Waals surface area contributed by atoms with E-state index in [-0.39, 0.29) is 0 Å². The summed E-state index contributed by atoms with van der Waals surface area (Å²) in [6.45, 7) is 0. The number of nitrogen functional groups attached to an aromatic ring is 1. The summed E-state index contributed by atoms with van der Waals surface area (Å²) in [6, 6.07) is 24.3. The van der Waals surface area contributed by atoms with Crippen molar-refractivity contribution in [2.24, 2.45) is 0 Å². The zero-order valence-electron chi connectivity index (χ0n) is 11.1. The minimum absolute atomic E-state index is 0.850. The van der Waals surface area contributed by atoms with Gasteiger partial charge in [-0.1, -0.05) is 54.6 Å². The number of benzene rings is 3. The van der Waals surface area contributed by atoms with E-state index >= 15 is 0 Å². The van der Waals surface area contributed by atoms with Crippen LogP contribution in [-0.4, -0.2) is 4.98 Å². The smallest absolute Gasteiger partial charge is 0.0453 e. The van der Waals surface area contributed by atoms with Gasteiger partial charge in [0.1, 0.15) is 0 Å². The zero-order valence-corrected chi connectivity index (χ0v) is 11.1. The molecule has 1 heterocycles. The van der Waals surface area contributed by atoms with Crippen molar-refractivity contribution < 1.29 is 0 Å². The molecule has 0 saturated heterocycles. The Labute approximate surface area is 117 Å². The first kappa shape index (κ1) is 12.3. The highest BCUT2D eigenvalue weighted by molar-refractivity contribution is 5.92. The second kappa shape index (κ2) is 5.49. The molecule has 2 heteroatoms. The molecular formula is C18H16N2. The number of rotatable bonds is 0. The number of hydrogen-bond donors (Lipinski definition) is 2. The van der Waals surface area contributed by atoms with Crippen molar-refractivity contribution in [3.63, 3.8) is 0 Å². The summed E-state index contributed by atoms with van der Waals surface area (Å²) < 4.78 is 0. The van der Waals surface area contributed by atoms with Crippen LogP contribution >= 0.6 is 0 Å². The molecule has 0 radical (unpaired) electrons. The molecule has 1 aromatic heterocycles. The van der Waals surface area contributed by atoms with Crippen LogP contribution in [0.5, 0.6) is 0 Å². The molecule has 4 aromatic rings. The van der Waals surface area contributed by atoms with Crippen molar-refractivity contribution in [2.45, 2.75) is 0 Å². The fraction of sp³-hybridized carbons (Fsp3) is 0. The van der Waals surface area contributed by atoms with Gasteiger partial charge in [-0.05, 0) is 29.0 Å². The Morgan fingerprint density at radius 1 is 0.650 bits per heavy atom. The summed E-state index contributed by atoms with van der Waals surface area (Å²) in [4.78, 5) is 3.12. The van der Waals surface area contributed by atoms with Gasteiger partial charge in [-0.15, -0.1) is 0 Å². The van der Waals surface area contributed by atoms with Gasteiger partial charge in [0, 0.05) is 22.8 Å². The third-order valence-electron chi connectivity index (χ3n) is 3.29. The van der Waals surface area contributed by atoms with E-state index in [1.807, 2.05) is 48.7 Å². The normalized spacial score (nSPS) is 10.2. The minimum atomic E-state index is 0.850. The lowest BCUT2D eigenvalue weighted by Crippen LogP contribution is -1.84. The van der Waals surface area contributed by atoms with Crippen LogP contribution in [0, 0.1) is 0 Å². The number of aromatic nitrogens is 1. The standard InChI is InChI=1S/C10H9N.C8H7N/c11-10-7-3-5-8-4-1-2-6-9(8)10;1-2-4-8-7(3-1)5-6-9-8/h1-7H,11H2;1-6,9H. The Balaban J connectivity index is 0.000000123. The molecule has 98 valence electrons. The quantitative estimate of drug-likeness (QED) is 0.446. The van der Waals surface area contributed by atoms with Crippen LogP contribution < -0.4 is 5.73 Å². The molecule has 0 unspecified atom stereocenters. The van der Waals surface area contributed by atoms with Gasteiger partial charge < -0.3 is 10.7 Å². The average Bonchev–Trinajstić information content (AvgIpc) is 2.97. The van der Waals surface area contributed by atoms with Crippen molar-refractivity contribution in [2.75, 3.05) is 5.73 Å². The number of para-hydroxylation sites is 1. The molecule has 20 heavy (non-hydrogen) atoms. The minimum Gasteiger partial charge on any atom is -0.398 e. The van der Waals surface area contributed by atoms with Crippen molar-refractivity contribution in [3.05, 3.63) is 79.0 Å². The summed E-state index contributed by atoms with van der Waals surface area (Å²) in [7, 11) is 0. The number of nitrogens with two attached hydrogens (primary N) is 1. The molecule has 0 aliphatic carbocycles. The van der Waals surface area contributed by atoms with Gasteiger partial charge in [-0.25, -0.2) is 0 Å². The van der Waals surface area contributed by atoms with Crippen LogP contribution in [0.2, 0.25) is 0 Å². The van der Waals surface area contributed by atoms with E-state index in [1.165, 1.54) is 16.3 Å². The van der Waals surface area contributed by atoms with E-state index < -0.39 is 0 Å². The number of aromatic amines is 1. The maximum atomic E-state index is 5.76. The Kier molecular flexibility index (Phi) is 3.38. The van der Waals surface area contributed by atoms with Crippen molar-refractivity contribution in [3.8, 4) is 0 Å². The predicted molar refractivity (Wildman–Crippen MR) is 86.7 cm³/mol. The lowest BCUT2D eigenvalue weighted by atomic mass is 10.1. The second-order valence-electron chi connectivity index (χ2n) is 4.63. The topological polar surface area (TPSA) is 41.8 Å². The lowest BCUT2D eigenvalue weighted by molar-refractivity contribution is 1.48. The molecule has 2 nitrogen and oxygen atoms in total. The van der Waals surface area contributed by atoms with Crippen molar-refractivity contribution in [1.82, 2.24) is 4.98 Å². The van der Waals surface area contributed by atoms with E-state index in [2.05, 4.69) is 35.3 Å². The fourth-order valence-corrected chi connectivity index (χ4v) is 2.25. The van der Waals surface area contributed by atoms with E-state index in [0.717, 1.165) is 11.1 Å². The Morgan fingerprint density at radius 3 is 2.15 bits per heavy atom. The van der Waals surface area contributed by atoms with Gasteiger partial charge in [-0.3, -0.25) is 0 Å². The van der Waals surface area contributed by atoms with Crippen LogP contribution in [-0.2, 0) is 0 Å². The molecule has 3 aromatic carbocycles. The summed E-state index contributed by atoms with van der Waals surface area (Å²) in [6.07, 6.45) is 1.95. The van der Waals surface area contributed by atoms with Crippen molar-refractivity contribution >= 4 is 27.4 Å². The Morgan fingerprint density at radius 2 is 1.35 bits per heavy atom. The number of nitrogens with one attached hydrogen (secondary N) is 1. The maximum Gasteiger partial charge on any atom is 0.0453 e. The Bertz CT molecular complexity index is 795. The van der Waals surface area contributed by atoms with Gasteiger partial charge in [0.2, 0.25) is 0 Å². The molecule has 4 rings (SSSR count). The summed E-state index contributed by atoms with van der Waals surface area (Å²) >= 11 is 0. The van der Waals surface area contributed by atoms with E-state index in [9.17, 15) is 0 Å². The summed E-state index contributed by atoms with van der Waals surface area (Å²) in [5.74, 6) is 0. The second-order valence-corrected chi connectivity index (χ2v) is 4.63. The molecule has 0 atom stereocenters. The van der Waals surface area contributed by atoms with Crippen LogP contribution in [0.3, 0.4) is 0 Å². The van der Waals surface area contributed by atoms with Crippen LogP contribution in [0.1, 0.15) is 0 Å². The van der Waals surface area contributed by atoms with Gasteiger partial charge >= 0.3 is 0 Å². The molecule has 3 N–H and O–H groups in total. The number of hydrogen-bond acceptors (Lipinski definition) is 1. The van der Waals surface area contributed by atoms with Gasteiger partial charge in [0.25, 0.3) is 0 Å². The highest BCUT2D eigenvalue weighted by atomic mass is 14.7. The molecule has 0 aliphatic rings. The number of H-pyrrole nitrogens is 1. The number of fused-ring (bicyclic) bond motifs is 2.